The third-order valence-electron chi connectivity index (χ3n) is 7.65. The molecule has 11 heteroatoms. The van der Waals surface area contributed by atoms with Crippen LogP contribution in [0.25, 0.3) is 0 Å². The second kappa shape index (κ2) is 13.2. The predicted molar refractivity (Wildman–Crippen MR) is 156 cm³/mol. The second-order valence-corrected chi connectivity index (χ2v) is 13.3. The van der Waals surface area contributed by atoms with Crippen molar-refractivity contribution in [2.24, 2.45) is 5.92 Å². The lowest BCUT2D eigenvalue weighted by atomic mass is 9.75. The van der Waals surface area contributed by atoms with E-state index in [1.54, 1.807) is 6.07 Å². The Kier molecular flexibility index (Phi) is 9.67. The molecule has 5 rings (SSSR count). The van der Waals surface area contributed by atoms with Crippen LogP contribution in [0.4, 0.5) is 0 Å². The molecule has 0 radical (unpaired) electrons. The van der Waals surface area contributed by atoms with E-state index < -0.39 is 15.6 Å². The molecule has 0 spiro atoms. The molecule has 0 unspecified atom stereocenters. The lowest BCUT2D eigenvalue weighted by molar-refractivity contribution is 0.0849. The molecule has 41 heavy (non-hydrogen) atoms. The maximum atomic E-state index is 14.0. The van der Waals surface area contributed by atoms with Crippen LogP contribution in [-0.2, 0) is 44.2 Å². The maximum Gasteiger partial charge on any atom is 0.530 e. The monoisotopic (exact) mass is 601 g/mol. The van der Waals surface area contributed by atoms with Crippen molar-refractivity contribution in [3.63, 3.8) is 0 Å². The lowest BCUT2D eigenvalue weighted by Crippen LogP contribution is -2.49. The highest BCUT2D eigenvalue weighted by Crippen LogP contribution is 2.56. The summed E-state index contributed by atoms with van der Waals surface area (Å²) in [7, 11) is -9.26. The van der Waals surface area contributed by atoms with E-state index in [0.717, 1.165) is 55.5 Å². The molecule has 1 heterocycles. The summed E-state index contributed by atoms with van der Waals surface area (Å²) in [5, 5.41) is 0. The normalized spacial score (nSPS) is 19.3. The Bertz CT molecular complexity index is 1350. The van der Waals surface area contributed by atoms with Gasteiger partial charge in [0.1, 0.15) is 0 Å². The average Bonchev–Trinajstić information content (AvgIpc) is 2.96. The fourth-order valence-electron chi connectivity index (χ4n) is 5.82. The highest BCUT2D eigenvalue weighted by molar-refractivity contribution is 7.49. The zero-order chi connectivity index (χ0) is 28.9. The second-order valence-electron chi connectivity index (χ2n) is 10.6. The van der Waals surface area contributed by atoms with Gasteiger partial charge in [0.15, 0.2) is 11.5 Å². The van der Waals surface area contributed by atoms with Gasteiger partial charge in [-0.3, -0.25) is 23.7 Å². The Hall–Kier alpha value is -2.48. The summed E-state index contributed by atoms with van der Waals surface area (Å²) in [6, 6.07) is 22.1. The minimum atomic E-state index is -4.97. The molecule has 9 nitrogen and oxygen atoms in total. The molecular formula is C30H37NO8P2. The first kappa shape index (κ1) is 30.0. The highest BCUT2D eigenvalue weighted by atomic mass is 31.2. The zero-order valence-electron chi connectivity index (χ0n) is 23.1. The molecule has 2 N–H and O–H groups in total. The van der Waals surface area contributed by atoms with E-state index in [4.69, 9.17) is 18.1 Å². The Morgan fingerprint density at radius 2 is 1.49 bits per heavy atom. The van der Waals surface area contributed by atoms with Crippen molar-refractivity contribution in [2.75, 3.05) is 13.1 Å². The largest absolute Gasteiger partial charge is 0.530 e. The Labute approximate surface area is 241 Å². The number of piperidine rings is 1. The quantitative estimate of drug-likeness (QED) is 0.220. The third-order valence-corrected chi connectivity index (χ3v) is 9.38. The molecule has 0 bridgehead atoms. The van der Waals surface area contributed by atoms with Gasteiger partial charge in [-0.1, -0.05) is 73.7 Å². The Morgan fingerprint density at radius 3 is 2.07 bits per heavy atom. The number of phosphoric ester groups is 2. The summed E-state index contributed by atoms with van der Waals surface area (Å²) in [5.74, 6) is 0.123. The van der Waals surface area contributed by atoms with E-state index in [1.165, 1.54) is 0 Å². The van der Waals surface area contributed by atoms with Gasteiger partial charge in [0.25, 0.3) is 0 Å². The van der Waals surface area contributed by atoms with Gasteiger partial charge in [-0.25, -0.2) is 9.13 Å². The van der Waals surface area contributed by atoms with Gasteiger partial charge < -0.3 is 9.05 Å². The van der Waals surface area contributed by atoms with Gasteiger partial charge in [0.2, 0.25) is 0 Å². The summed E-state index contributed by atoms with van der Waals surface area (Å²) < 4.78 is 48.8. The number of benzene rings is 3. The molecule has 2 atom stereocenters. The van der Waals surface area contributed by atoms with E-state index in [2.05, 4.69) is 11.8 Å². The Morgan fingerprint density at radius 1 is 0.854 bits per heavy atom. The minimum Gasteiger partial charge on any atom is -0.400 e. The van der Waals surface area contributed by atoms with Gasteiger partial charge in [0.05, 0.1) is 13.2 Å². The number of rotatable bonds is 12. The number of hydrogen-bond donors (Lipinski definition) is 2. The summed E-state index contributed by atoms with van der Waals surface area (Å²) in [6.07, 6.45) is 4.47. The number of phosphoric acid groups is 2. The van der Waals surface area contributed by atoms with E-state index in [1.807, 2.05) is 66.7 Å². The van der Waals surface area contributed by atoms with Crippen molar-refractivity contribution >= 4 is 15.6 Å². The fourth-order valence-corrected chi connectivity index (χ4v) is 7.44. The number of nitrogens with zero attached hydrogens (tertiary/aromatic N) is 1. The van der Waals surface area contributed by atoms with Crippen molar-refractivity contribution in [3.8, 4) is 11.5 Å². The smallest absolute Gasteiger partial charge is 0.400 e. The molecule has 0 saturated carbocycles. The average molecular weight is 602 g/mol. The molecule has 220 valence electrons. The predicted octanol–water partition coefficient (Wildman–Crippen LogP) is 6.67. The molecule has 1 aliphatic heterocycles. The molecule has 3 aromatic rings. The fraction of sp³-hybridized carbons (Fsp3) is 0.400. The SMILES string of the molecule is CCCN1CCC[C@@H]2Cc3c(ccc(OP(=O)(OCc4ccccc4)OCc4ccccc4)c3OP(=O)(O)O)C[C@H]21. The molecule has 1 saturated heterocycles. The van der Waals surface area contributed by atoms with Crippen LogP contribution < -0.4 is 9.05 Å². The van der Waals surface area contributed by atoms with Crippen LogP contribution in [0.1, 0.15) is 48.4 Å². The van der Waals surface area contributed by atoms with E-state index >= 15 is 0 Å². The van der Waals surface area contributed by atoms with Crippen molar-refractivity contribution in [3.05, 3.63) is 95.1 Å². The summed E-state index contributed by atoms with van der Waals surface area (Å²) in [6.45, 7) is 4.14. The van der Waals surface area contributed by atoms with E-state index in [9.17, 15) is 18.9 Å². The van der Waals surface area contributed by atoms with E-state index in [-0.39, 0.29) is 24.7 Å². The molecule has 3 aromatic carbocycles. The topological polar surface area (TPSA) is 115 Å². The molecule has 0 amide bonds. The number of fused-ring (bicyclic) bond motifs is 2. The van der Waals surface area contributed by atoms with Crippen LogP contribution in [0.5, 0.6) is 11.5 Å². The maximum absolute atomic E-state index is 14.0. The molecule has 1 aliphatic carbocycles. The lowest BCUT2D eigenvalue weighted by Gasteiger charge is -2.45. The van der Waals surface area contributed by atoms with Crippen LogP contribution in [0.15, 0.2) is 72.8 Å². The van der Waals surface area contributed by atoms with Crippen LogP contribution >= 0.6 is 15.6 Å². The number of hydrogen-bond acceptors (Lipinski definition) is 7. The van der Waals surface area contributed by atoms with Crippen molar-refractivity contribution in [1.82, 2.24) is 4.90 Å². The van der Waals surface area contributed by atoms with Gasteiger partial charge in [-0.2, -0.15) is 0 Å². The summed E-state index contributed by atoms with van der Waals surface area (Å²) >= 11 is 0. The van der Waals surface area contributed by atoms with Crippen LogP contribution in [0, 0.1) is 5.92 Å². The van der Waals surface area contributed by atoms with Gasteiger partial charge in [0, 0.05) is 11.6 Å². The standard InChI is InChI=1S/C30H37NO8P2/c1-2-17-31-18-9-14-26-19-27-25(20-28(26)31)15-16-29(30(27)39-40(32,33)34)38-41(35,36-21-23-10-5-3-6-11-23)37-22-24-12-7-4-8-13-24/h3-8,10-13,15-16,26,28H,2,9,14,17-22H2,1H3,(H2,32,33,34)/t26-,28-/m1/s1. The first-order valence-electron chi connectivity index (χ1n) is 14.0. The molecular weight excluding hydrogens is 564 g/mol. The first-order valence-corrected chi connectivity index (χ1v) is 17.0. The zero-order valence-corrected chi connectivity index (χ0v) is 24.9. The Balaban J connectivity index is 1.46. The molecule has 1 fully saturated rings. The van der Waals surface area contributed by atoms with Crippen LogP contribution in [0.3, 0.4) is 0 Å². The molecule has 2 aliphatic rings. The minimum absolute atomic E-state index is 0.0520. The van der Waals surface area contributed by atoms with Gasteiger partial charge >= 0.3 is 15.6 Å². The van der Waals surface area contributed by atoms with E-state index in [0.29, 0.717) is 23.9 Å². The highest BCUT2D eigenvalue weighted by Gasteiger charge is 2.39. The molecule has 0 aromatic heterocycles. The number of likely N-dealkylation sites (tertiary alicyclic amines) is 1. The third kappa shape index (κ3) is 7.88. The van der Waals surface area contributed by atoms with Crippen molar-refractivity contribution < 1.29 is 37.0 Å². The van der Waals surface area contributed by atoms with Gasteiger partial charge in [-0.05, 0) is 73.9 Å². The van der Waals surface area contributed by atoms with Crippen LogP contribution in [0.2, 0.25) is 0 Å². The van der Waals surface area contributed by atoms with Gasteiger partial charge in [-0.15, -0.1) is 0 Å². The first-order chi connectivity index (χ1) is 19.7. The summed E-state index contributed by atoms with van der Waals surface area (Å²) in [5.41, 5.74) is 3.13. The van der Waals surface area contributed by atoms with Crippen LogP contribution in [-0.4, -0.2) is 33.8 Å². The van der Waals surface area contributed by atoms with Crippen molar-refractivity contribution in [2.45, 2.75) is 58.3 Å². The van der Waals surface area contributed by atoms with Crippen molar-refractivity contribution in [1.29, 1.82) is 0 Å². The summed E-state index contributed by atoms with van der Waals surface area (Å²) in [4.78, 5) is 22.2.